The zero-order valence-electron chi connectivity index (χ0n) is 18.3. The highest BCUT2D eigenvalue weighted by molar-refractivity contribution is 7.89. The van der Waals surface area contributed by atoms with Gasteiger partial charge in [0.15, 0.2) is 0 Å². The molecule has 1 aromatic heterocycles. The van der Waals surface area contributed by atoms with E-state index in [0.29, 0.717) is 18.4 Å². The number of rotatable bonds is 4. The number of aromatic amines is 1. The Morgan fingerprint density at radius 3 is 2.38 bits per heavy atom. The second kappa shape index (κ2) is 8.92. The molecule has 0 unspecified atom stereocenters. The topological polar surface area (TPSA) is 111 Å². The number of hydrogen-bond acceptors (Lipinski definition) is 4. The molecule has 0 spiro atoms. The van der Waals surface area contributed by atoms with E-state index < -0.39 is 15.9 Å². The predicted molar refractivity (Wildman–Crippen MR) is 129 cm³/mol. The quantitative estimate of drug-likeness (QED) is 0.393. The van der Waals surface area contributed by atoms with Crippen molar-refractivity contribution >= 4 is 43.5 Å². The summed E-state index contributed by atoms with van der Waals surface area (Å²) in [5.74, 6) is -1.12. The number of sulfonamides is 1. The molecule has 3 aromatic carbocycles. The molecule has 0 atom stereocenters. The normalized spacial score (nSPS) is 15.4. The summed E-state index contributed by atoms with van der Waals surface area (Å²) < 4.78 is 27.7. The van der Waals surface area contributed by atoms with E-state index in [0.717, 1.165) is 21.7 Å². The molecule has 2 amide bonds. The van der Waals surface area contributed by atoms with Gasteiger partial charge in [-0.1, -0.05) is 48.5 Å². The third kappa shape index (κ3) is 4.15. The first-order chi connectivity index (χ1) is 16.4. The van der Waals surface area contributed by atoms with Gasteiger partial charge in [0.1, 0.15) is 0 Å². The van der Waals surface area contributed by atoms with Gasteiger partial charge in [0.25, 0.3) is 5.91 Å². The van der Waals surface area contributed by atoms with Crippen molar-refractivity contribution in [3.63, 3.8) is 0 Å². The average molecular weight is 477 g/mol. The van der Waals surface area contributed by atoms with Crippen LogP contribution in [0.2, 0.25) is 0 Å². The van der Waals surface area contributed by atoms with E-state index >= 15 is 0 Å². The summed E-state index contributed by atoms with van der Waals surface area (Å²) in [7, 11) is -3.65. The summed E-state index contributed by atoms with van der Waals surface area (Å²) in [6, 6.07) is 20.1. The van der Waals surface area contributed by atoms with Gasteiger partial charge in [-0.2, -0.15) is 4.31 Å². The Hall–Kier alpha value is -3.69. The Bertz CT molecular complexity index is 1490. The van der Waals surface area contributed by atoms with Crippen LogP contribution in [-0.2, 0) is 14.8 Å². The van der Waals surface area contributed by atoms with E-state index in [2.05, 4.69) is 15.8 Å². The van der Waals surface area contributed by atoms with Gasteiger partial charge in [-0.3, -0.25) is 20.4 Å². The van der Waals surface area contributed by atoms with Gasteiger partial charge < -0.3 is 4.98 Å². The van der Waals surface area contributed by atoms with Crippen molar-refractivity contribution in [2.24, 2.45) is 5.92 Å². The molecule has 174 valence electrons. The number of H-pyrrole nitrogens is 1. The summed E-state index contributed by atoms with van der Waals surface area (Å²) in [5, 5.41) is 2.61. The fourth-order valence-corrected chi connectivity index (χ4v) is 5.89. The Balaban J connectivity index is 1.19. The minimum Gasteiger partial charge on any atom is -0.360 e. The number of hydrazine groups is 1. The fourth-order valence-electron chi connectivity index (χ4n) is 4.38. The van der Waals surface area contributed by atoms with Gasteiger partial charge in [-0.15, -0.1) is 0 Å². The fraction of sp³-hybridized carbons (Fsp3) is 0.200. The van der Waals surface area contributed by atoms with Gasteiger partial charge >= 0.3 is 0 Å². The minimum atomic E-state index is -3.65. The molecule has 1 aliphatic heterocycles. The average Bonchev–Trinajstić information content (AvgIpc) is 3.31. The summed E-state index contributed by atoms with van der Waals surface area (Å²) >= 11 is 0. The summed E-state index contributed by atoms with van der Waals surface area (Å²) in [6.45, 7) is 0.479. The Morgan fingerprint density at radius 1 is 0.882 bits per heavy atom. The Morgan fingerprint density at radius 2 is 1.59 bits per heavy atom. The number of fused-ring (bicyclic) bond motifs is 2. The van der Waals surface area contributed by atoms with Crippen LogP contribution in [0.1, 0.15) is 23.2 Å². The number of nitrogens with zero attached hydrogens (tertiary/aromatic N) is 1. The molecule has 0 aliphatic carbocycles. The number of para-hydroxylation sites is 1. The maximum atomic E-state index is 13.1. The molecule has 34 heavy (non-hydrogen) atoms. The summed E-state index contributed by atoms with van der Waals surface area (Å²) in [5.41, 5.74) is 6.23. The van der Waals surface area contributed by atoms with Gasteiger partial charge in [0.2, 0.25) is 15.9 Å². The number of carbonyl (C=O) groups is 2. The molecule has 8 nitrogen and oxygen atoms in total. The highest BCUT2D eigenvalue weighted by Crippen LogP contribution is 2.26. The lowest BCUT2D eigenvalue weighted by Crippen LogP contribution is -2.48. The SMILES string of the molecule is O=C(NNC(=O)C1CCN(S(=O)(=O)c2ccc3ccccc3c2)CC1)c1c[nH]c2ccccc12. The van der Waals surface area contributed by atoms with Crippen LogP contribution >= 0.6 is 0 Å². The number of piperidine rings is 1. The van der Waals surface area contributed by atoms with Crippen LogP contribution in [0.15, 0.2) is 77.8 Å². The summed E-state index contributed by atoms with van der Waals surface area (Å²) in [4.78, 5) is 28.4. The van der Waals surface area contributed by atoms with E-state index in [-0.39, 0.29) is 29.8 Å². The first kappa shape index (κ1) is 22.1. The van der Waals surface area contributed by atoms with Crippen molar-refractivity contribution in [3.8, 4) is 0 Å². The molecule has 1 aliphatic rings. The molecule has 1 saturated heterocycles. The van der Waals surface area contributed by atoms with Crippen molar-refractivity contribution in [1.82, 2.24) is 20.1 Å². The Kier molecular flexibility index (Phi) is 5.80. The molecule has 4 aromatic rings. The maximum absolute atomic E-state index is 13.1. The largest absolute Gasteiger partial charge is 0.360 e. The van der Waals surface area contributed by atoms with E-state index in [9.17, 15) is 18.0 Å². The zero-order valence-corrected chi connectivity index (χ0v) is 19.1. The lowest BCUT2D eigenvalue weighted by Gasteiger charge is -2.30. The molecular weight excluding hydrogens is 452 g/mol. The highest BCUT2D eigenvalue weighted by Gasteiger charge is 2.32. The van der Waals surface area contributed by atoms with Crippen LogP contribution in [-0.4, -0.2) is 42.6 Å². The summed E-state index contributed by atoms with van der Waals surface area (Å²) in [6.07, 6.45) is 2.35. The van der Waals surface area contributed by atoms with Crippen LogP contribution in [0.4, 0.5) is 0 Å². The number of carbonyl (C=O) groups excluding carboxylic acids is 2. The Labute approximate surface area is 197 Å². The lowest BCUT2D eigenvalue weighted by atomic mass is 9.98. The monoisotopic (exact) mass is 476 g/mol. The minimum absolute atomic E-state index is 0.240. The molecular formula is C25H24N4O4S. The highest BCUT2D eigenvalue weighted by atomic mass is 32.2. The maximum Gasteiger partial charge on any atom is 0.271 e. The van der Waals surface area contributed by atoms with E-state index in [4.69, 9.17) is 0 Å². The molecule has 9 heteroatoms. The number of aromatic nitrogens is 1. The molecule has 0 radical (unpaired) electrons. The van der Waals surface area contributed by atoms with Crippen LogP contribution in [0, 0.1) is 5.92 Å². The van der Waals surface area contributed by atoms with E-state index in [1.165, 1.54) is 4.31 Å². The first-order valence-electron chi connectivity index (χ1n) is 11.1. The number of amides is 2. The smallest absolute Gasteiger partial charge is 0.271 e. The molecule has 0 saturated carbocycles. The lowest BCUT2D eigenvalue weighted by molar-refractivity contribution is -0.126. The van der Waals surface area contributed by atoms with Gasteiger partial charge in [-0.05, 0) is 41.8 Å². The molecule has 3 N–H and O–H groups in total. The third-order valence-electron chi connectivity index (χ3n) is 6.32. The number of hydrogen-bond donors (Lipinski definition) is 3. The van der Waals surface area contributed by atoms with Crippen LogP contribution in [0.25, 0.3) is 21.7 Å². The van der Waals surface area contributed by atoms with Crippen molar-refractivity contribution < 1.29 is 18.0 Å². The first-order valence-corrected chi connectivity index (χ1v) is 12.5. The van der Waals surface area contributed by atoms with Crippen molar-refractivity contribution in [1.29, 1.82) is 0 Å². The van der Waals surface area contributed by atoms with Gasteiger partial charge in [0, 0.05) is 36.1 Å². The zero-order chi connectivity index (χ0) is 23.7. The number of nitrogens with one attached hydrogen (secondary N) is 3. The van der Waals surface area contributed by atoms with E-state index in [1.807, 2.05) is 48.5 Å². The van der Waals surface area contributed by atoms with Crippen molar-refractivity contribution in [3.05, 3.63) is 78.5 Å². The van der Waals surface area contributed by atoms with Crippen LogP contribution < -0.4 is 10.9 Å². The van der Waals surface area contributed by atoms with Crippen molar-refractivity contribution in [2.45, 2.75) is 17.7 Å². The molecule has 2 heterocycles. The van der Waals surface area contributed by atoms with Crippen molar-refractivity contribution in [2.75, 3.05) is 13.1 Å². The predicted octanol–water partition coefficient (Wildman–Crippen LogP) is 3.18. The van der Waals surface area contributed by atoms with Gasteiger partial charge in [-0.25, -0.2) is 8.42 Å². The molecule has 5 rings (SSSR count). The van der Waals surface area contributed by atoms with E-state index in [1.54, 1.807) is 24.4 Å². The molecule has 0 bridgehead atoms. The van der Waals surface area contributed by atoms with Crippen LogP contribution in [0.3, 0.4) is 0 Å². The second-order valence-corrected chi connectivity index (χ2v) is 10.3. The third-order valence-corrected chi connectivity index (χ3v) is 8.21. The standard InChI is InChI=1S/C25H24N4O4S/c30-24(27-28-25(31)22-16-26-23-8-4-3-7-21(22)23)18-11-13-29(14-12-18)34(32,33)20-10-9-17-5-1-2-6-19(17)15-20/h1-10,15-16,18,26H,11-14H2,(H,27,30)(H,28,31). The van der Waals surface area contributed by atoms with Gasteiger partial charge in [0.05, 0.1) is 10.5 Å². The number of benzene rings is 3. The molecule has 1 fully saturated rings. The second-order valence-electron chi connectivity index (χ2n) is 8.38. The van der Waals surface area contributed by atoms with Crippen LogP contribution in [0.5, 0.6) is 0 Å².